The van der Waals surface area contributed by atoms with Crippen LogP contribution in [-0.4, -0.2) is 74.1 Å². The van der Waals surface area contributed by atoms with Crippen LogP contribution in [0.2, 0.25) is 0 Å². The molecule has 0 radical (unpaired) electrons. The Labute approximate surface area is 342 Å². The molecular formula is C44H36N12O4. The molecule has 9 rings (SSSR count). The number of morpholine rings is 1. The van der Waals surface area contributed by atoms with E-state index in [1.165, 1.54) is 12.5 Å². The largest absolute Gasteiger partial charge is 0.378 e. The van der Waals surface area contributed by atoms with Gasteiger partial charge >= 0.3 is 0 Å². The Morgan fingerprint density at radius 1 is 0.717 bits per heavy atom. The molecule has 16 nitrogen and oxygen atoms in total. The molecule has 16 heteroatoms. The Kier molecular flexibility index (Phi) is 11.2. The van der Waals surface area contributed by atoms with Crippen LogP contribution < -0.4 is 32.0 Å². The van der Waals surface area contributed by atoms with Crippen LogP contribution in [-0.2, 0) is 4.74 Å². The van der Waals surface area contributed by atoms with Gasteiger partial charge in [0.15, 0.2) is 0 Å². The number of pyridine rings is 5. The van der Waals surface area contributed by atoms with Crippen molar-refractivity contribution in [3.8, 4) is 28.6 Å². The van der Waals surface area contributed by atoms with Crippen molar-refractivity contribution in [2.24, 2.45) is 0 Å². The van der Waals surface area contributed by atoms with Crippen molar-refractivity contribution >= 4 is 56.1 Å². The molecule has 0 bridgehead atoms. The summed E-state index contributed by atoms with van der Waals surface area (Å²) in [6, 6.07) is 26.1. The van der Waals surface area contributed by atoms with Gasteiger partial charge in [0.1, 0.15) is 24.0 Å². The van der Waals surface area contributed by atoms with Crippen LogP contribution in [0.15, 0.2) is 132 Å². The highest BCUT2D eigenvalue weighted by atomic mass is 16.5. The third-order valence-electron chi connectivity index (χ3n) is 9.67. The number of benzene rings is 2. The summed E-state index contributed by atoms with van der Waals surface area (Å²) in [7, 11) is 1.58. The van der Waals surface area contributed by atoms with Crippen LogP contribution in [0.5, 0.6) is 0 Å². The molecule has 0 aliphatic carbocycles. The molecule has 1 fully saturated rings. The van der Waals surface area contributed by atoms with Gasteiger partial charge in [0, 0.05) is 91.1 Å². The number of ether oxygens (including phenoxy) is 1. The van der Waals surface area contributed by atoms with E-state index in [0.717, 1.165) is 54.0 Å². The van der Waals surface area contributed by atoms with Crippen molar-refractivity contribution in [1.29, 1.82) is 5.26 Å². The summed E-state index contributed by atoms with van der Waals surface area (Å²) in [6.45, 7) is 3.19. The molecule has 2 aromatic carbocycles. The summed E-state index contributed by atoms with van der Waals surface area (Å²) in [4.78, 5) is 65.9. The first-order valence-corrected chi connectivity index (χ1v) is 18.8. The topological polar surface area (TPSA) is 220 Å². The lowest BCUT2D eigenvalue weighted by molar-refractivity contribution is 0.0963. The Hall–Kier alpha value is -8.29. The van der Waals surface area contributed by atoms with Crippen LogP contribution in [0.4, 0.5) is 28.7 Å². The van der Waals surface area contributed by atoms with Gasteiger partial charge in [-0.1, -0.05) is 0 Å². The smallest absolute Gasteiger partial charge is 0.259 e. The molecule has 0 spiro atoms. The van der Waals surface area contributed by atoms with Crippen LogP contribution in [0.1, 0.15) is 15.9 Å². The number of H-pyrrole nitrogens is 2. The van der Waals surface area contributed by atoms with Gasteiger partial charge in [-0.3, -0.25) is 19.4 Å². The summed E-state index contributed by atoms with van der Waals surface area (Å²) >= 11 is 0. The Bertz CT molecular complexity index is 2980. The number of aromatic nitrogens is 7. The quantitative estimate of drug-likeness (QED) is 0.121. The molecule has 1 amide bonds. The third-order valence-corrected chi connectivity index (χ3v) is 9.67. The van der Waals surface area contributed by atoms with Crippen molar-refractivity contribution < 1.29 is 9.53 Å². The van der Waals surface area contributed by atoms with E-state index in [1.54, 1.807) is 68.4 Å². The SMILES string of the molecule is CNC(=O)c1ccc(Nc2nc(-c3cncnc3)cc3cc[nH]c(=O)c23)cc1.N#Cc1cncc(-c2cc3cc[nH]c(=O)c3c(Nc3ccc(N4CCOCC4)cc3)n2)c1. The van der Waals surface area contributed by atoms with E-state index in [4.69, 9.17) is 9.72 Å². The Morgan fingerprint density at radius 2 is 1.27 bits per heavy atom. The number of hydrogen-bond donors (Lipinski definition) is 5. The average Bonchev–Trinajstić information content (AvgIpc) is 3.30. The van der Waals surface area contributed by atoms with E-state index in [2.05, 4.69) is 56.8 Å². The third kappa shape index (κ3) is 8.51. The van der Waals surface area contributed by atoms with Crippen molar-refractivity contribution in [2.75, 3.05) is 48.9 Å². The lowest BCUT2D eigenvalue weighted by Gasteiger charge is -2.28. The summed E-state index contributed by atoms with van der Waals surface area (Å²) < 4.78 is 5.42. The van der Waals surface area contributed by atoms with E-state index in [0.29, 0.717) is 56.2 Å². The van der Waals surface area contributed by atoms with Gasteiger partial charge in [0.25, 0.3) is 17.0 Å². The molecule has 6 aromatic heterocycles. The van der Waals surface area contributed by atoms with Crippen molar-refractivity contribution in [2.45, 2.75) is 0 Å². The molecule has 8 aromatic rings. The Balaban J connectivity index is 0.000000168. The minimum atomic E-state index is -0.245. The molecule has 5 N–H and O–H groups in total. The molecule has 0 unspecified atom stereocenters. The minimum Gasteiger partial charge on any atom is -0.378 e. The second-order valence-corrected chi connectivity index (χ2v) is 13.5. The zero-order valence-corrected chi connectivity index (χ0v) is 32.1. The second kappa shape index (κ2) is 17.5. The van der Waals surface area contributed by atoms with Gasteiger partial charge in [0.05, 0.1) is 40.9 Å². The number of nitriles is 1. The molecule has 60 heavy (non-hydrogen) atoms. The molecule has 296 valence electrons. The lowest BCUT2D eigenvalue weighted by Crippen LogP contribution is -2.36. The maximum absolute atomic E-state index is 12.6. The van der Waals surface area contributed by atoms with Crippen LogP contribution in [0.3, 0.4) is 0 Å². The maximum Gasteiger partial charge on any atom is 0.259 e. The van der Waals surface area contributed by atoms with Gasteiger partial charge < -0.3 is 35.6 Å². The summed E-state index contributed by atoms with van der Waals surface area (Å²) in [6.07, 6.45) is 11.1. The van der Waals surface area contributed by atoms with E-state index in [-0.39, 0.29) is 17.0 Å². The number of hydrogen-bond acceptors (Lipinski definition) is 13. The van der Waals surface area contributed by atoms with Crippen LogP contribution in [0, 0.1) is 11.3 Å². The normalized spacial score (nSPS) is 12.2. The van der Waals surface area contributed by atoms with Crippen LogP contribution in [0.25, 0.3) is 44.1 Å². The number of carbonyl (C=O) groups excluding carboxylic acids is 1. The number of rotatable bonds is 8. The number of aromatic amines is 2. The number of amides is 1. The molecule has 1 aliphatic heterocycles. The zero-order chi connectivity index (χ0) is 41.4. The summed E-state index contributed by atoms with van der Waals surface area (Å²) in [5.41, 5.74) is 5.88. The first kappa shape index (κ1) is 38.6. The molecule has 7 heterocycles. The summed E-state index contributed by atoms with van der Waals surface area (Å²) in [5, 5.41) is 20.7. The summed E-state index contributed by atoms with van der Waals surface area (Å²) in [5.74, 6) is 0.685. The number of nitrogens with zero attached hydrogens (tertiary/aromatic N) is 7. The second-order valence-electron chi connectivity index (χ2n) is 13.5. The van der Waals surface area contributed by atoms with Crippen LogP contribution >= 0.6 is 0 Å². The number of anilines is 5. The molecule has 1 aliphatic rings. The number of nitrogens with one attached hydrogen (secondary N) is 5. The fraction of sp³-hybridized carbons (Fsp3) is 0.114. The maximum atomic E-state index is 12.6. The molecular weight excluding hydrogens is 761 g/mol. The number of carbonyl (C=O) groups is 1. The van der Waals surface area contributed by atoms with Gasteiger partial charge in [-0.15, -0.1) is 0 Å². The average molecular weight is 797 g/mol. The zero-order valence-electron chi connectivity index (χ0n) is 32.1. The minimum absolute atomic E-state index is 0.169. The van der Waals surface area contributed by atoms with Crippen molar-refractivity contribution in [3.05, 3.63) is 154 Å². The van der Waals surface area contributed by atoms with Crippen molar-refractivity contribution in [1.82, 2.24) is 40.2 Å². The monoisotopic (exact) mass is 796 g/mol. The predicted molar refractivity (Wildman–Crippen MR) is 230 cm³/mol. The highest BCUT2D eigenvalue weighted by molar-refractivity contribution is 5.97. The van der Waals surface area contributed by atoms with Gasteiger partial charge in [-0.25, -0.2) is 19.9 Å². The predicted octanol–water partition coefficient (Wildman–Crippen LogP) is 5.92. The van der Waals surface area contributed by atoms with Crippen molar-refractivity contribution in [3.63, 3.8) is 0 Å². The van der Waals surface area contributed by atoms with Gasteiger partial charge in [-0.05, 0) is 89.6 Å². The van der Waals surface area contributed by atoms with E-state index < -0.39 is 0 Å². The first-order chi connectivity index (χ1) is 29.4. The fourth-order valence-electron chi connectivity index (χ4n) is 6.68. The highest BCUT2D eigenvalue weighted by Crippen LogP contribution is 2.30. The van der Waals surface area contributed by atoms with E-state index >= 15 is 0 Å². The highest BCUT2D eigenvalue weighted by Gasteiger charge is 2.15. The van der Waals surface area contributed by atoms with E-state index in [9.17, 15) is 19.6 Å². The van der Waals surface area contributed by atoms with Gasteiger partial charge in [-0.2, -0.15) is 5.26 Å². The standard InChI is InChI=1S/C24H20N6O2.C20H16N6O2/c25-13-16-11-18(15-26-14-16)21-12-17-5-6-27-24(31)22(17)23(29-21)28-19-1-3-20(4-2-19)30-7-9-32-10-8-30;1-21-19(27)12-2-4-15(5-3-12)25-18-17-13(6-7-24-20(17)28)8-16(26-18)14-9-22-11-23-10-14/h1-6,11-12,14-15H,7-10H2,(H,27,31)(H,28,29);2-11H,1H3,(H,21,27)(H,24,28)(H,25,26). The number of fused-ring (bicyclic) bond motifs is 2. The first-order valence-electron chi connectivity index (χ1n) is 18.8. The van der Waals surface area contributed by atoms with E-state index in [1.807, 2.05) is 48.5 Å². The molecule has 1 saturated heterocycles. The molecule has 0 atom stereocenters. The Morgan fingerprint density at radius 3 is 1.83 bits per heavy atom. The lowest BCUT2D eigenvalue weighted by atomic mass is 10.1. The molecule has 0 saturated carbocycles. The van der Waals surface area contributed by atoms with Gasteiger partial charge in [0.2, 0.25) is 0 Å². The fourth-order valence-corrected chi connectivity index (χ4v) is 6.68.